The van der Waals surface area contributed by atoms with Gasteiger partial charge in [0.15, 0.2) is 5.15 Å². The van der Waals surface area contributed by atoms with Gasteiger partial charge in [0.1, 0.15) is 0 Å². The van der Waals surface area contributed by atoms with Crippen molar-refractivity contribution in [1.29, 1.82) is 0 Å². The van der Waals surface area contributed by atoms with Gasteiger partial charge in [0.05, 0.1) is 21.5 Å². The molecule has 2 aromatic heterocycles. The summed E-state index contributed by atoms with van der Waals surface area (Å²) in [7, 11) is 0. The topological polar surface area (TPSA) is 43.6 Å². The van der Waals surface area contributed by atoms with Crippen LogP contribution in [-0.2, 0) is 0 Å². The van der Waals surface area contributed by atoms with Gasteiger partial charge in [0.25, 0.3) is 0 Å². The van der Waals surface area contributed by atoms with E-state index in [-0.39, 0.29) is 0 Å². The monoisotopic (exact) mass is 312 g/mol. The van der Waals surface area contributed by atoms with E-state index in [1.54, 1.807) is 10.9 Å². The van der Waals surface area contributed by atoms with Crippen molar-refractivity contribution in [1.82, 2.24) is 18.5 Å². The van der Waals surface area contributed by atoms with Gasteiger partial charge in [-0.05, 0) is 22.6 Å². The lowest BCUT2D eigenvalue weighted by Crippen LogP contribution is -1.94. The fourth-order valence-electron chi connectivity index (χ4n) is 0.726. The molecule has 2 heterocycles. The molecule has 2 aromatic rings. The van der Waals surface area contributed by atoms with Gasteiger partial charge in [-0.25, -0.2) is 4.68 Å². The molecule has 0 bridgehead atoms. The van der Waals surface area contributed by atoms with E-state index in [4.69, 9.17) is 11.6 Å². The fourth-order valence-corrected chi connectivity index (χ4v) is 1.83. The summed E-state index contributed by atoms with van der Waals surface area (Å²) in [5.41, 5.74) is 0. The average molecular weight is 313 g/mol. The molecule has 0 atom stereocenters. The second-order valence-electron chi connectivity index (χ2n) is 1.98. The maximum absolute atomic E-state index is 5.76. The summed E-state index contributed by atoms with van der Waals surface area (Å²) in [6.45, 7) is 0. The summed E-state index contributed by atoms with van der Waals surface area (Å²) in [5, 5.41) is 4.44. The first-order chi connectivity index (χ1) is 5.77. The molecular formula is C5H2ClIN4S. The minimum absolute atomic E-state index is 0.388. The Morgan fingerprint density at radius 2 is 2.33 bits per heavy atom. The number of nitrogens with zero attached hydrogens (tertiary/aromatic N) is 4. The van der Waals surface area contributed by atoms with Crippen molar-refractivity contribution < 1.29 is 0 Å². The number of hydrogen-bond donors (Lipinski definition) is 0. The predicted octanol–water partition coefficient (Wildman–Crippen LogP) is 1.98. The van der Waals surface area contributed by atoms with Crippen LogP contribution in [0.2, 0.25) is 5.15 Å². The number of rotatable bonds is 1. The molecule has 0 unspecified atom stereocenters. The van der Waals surface area contributed by atoms with E-state index in [1.807, 2.05) is 6.20 Å². The van der Waals surface area contributed by atoms with Crippen molar-refractivity contribution in [2.24, 2.45) is 0 Å². The normalized spacial score (nSPS) is 10.5. The van der Waals surface area contributed by atoms with Crippen LogP contribution < -0.4 is 0 Å². The van der Waals surface area contributed by atoms with Crippen LogP contribution in [0.1, 0.15) is 0 Å². The maximum atomic E-state index is 5.76. The third kappa shape index (κ3) is 1.46. The molecule has 0 saturated carbocycles. The molecule has 12 heavy (non-hydrogen) atoms. The molecule has 0 aliphatic heterocycles. The Morgan fingerprint density at radius 1 is 1.50 bits per heavy atom. The third-order valence-corrected chi connectivity index (χ3v) is 2.63. The molecule has 0 aliphatic rings. The van der Waals surface area contributed by atoms with Gasteiger partial charge in [-0.15, -0.1) is 0 Å². The highest BCUT2D eigenvalue weighted by Crippen LogP contribution is 2.17. The zero-order valence-electron chi connectivity index (χ0n) is 5.61. The second-order valence-corrected chi connectivity index (χ2v) is 4.11. The molecule has 0 aromatic carbocycles. The van der Waals surface area contributed by atoms with Crippen LogP contribution in [0, 0.1) is 3.57 Å². The maximum Gasteiger partial charge on any atom is 0.206 e. The Balaban J connectivity index is 2.50. The second kappa shape index (κ2) is 3.27. The van der Waals surface area contributed by atoms with E-state index in [2.05, 4.69) is 36.4 Å². The van der Waals surface area contributed by atoms with E-state index in [0.29, 0.717) is 11.0 Å². The number of hydrogen-bond acceptors (Lipinski definition) is 4. The van der Waals surface area contributed by atoms with E-state index in [0.717, 1.165) is 15.3 Å². The molecule has 0 amide bonds. The SMILES string of the molecule is Clc1nsnc1-n1cc(I)cn1. The molecule has 62 valence electrons. The highest BCUT2D eigenvalue weighted by molar-refractivity contribution is 14.1. The molecule has 0 spiro atoms. The summed E-state index contributed by atoms with van der Waals surface area (Å²) in [4.78, 5) is 0. The summed E-state index contributed by atoms with van der Waals surface area (Å²) in [6, 6.07) is 0. The van der Waals surface area contributed by atoms with Crippen LogP contribution in [0.15, 0.2) is 12.4 Å². The van der Waals surface area contributed by atoms with Crippen molar-refractivity contribution in [3.8, 4) is 5.82 Å². The minimum atomic E-state index is 0.388. The van der Waals surface area contributed by atoms with Crippen molar-refractivity contribution in [3.63, 3.8) is 0 Å². The Bertz CT molecular complexity index is 398. The predicted molar refractivity (Wildman–Crippen MR) is 54.8 cm³/mol. The van der Waals surface area contributed by atoms with Crippen LogP contribution in [-0.4, -0.2) is 18.5 Å². The highest BCUT2D eigenvalue weighted by Gasteiger charge is 2.07. The minimum Gasteiger partial charge on any atom is -0.218 e. The summed E-state index contributed by atoms with van der Waals surface area (Å²) >= 11 is 9.00. The Labute approximate surface area is 91.0 Å². The van der Waals surface area contributed by atoms with E-state index < -0.39 is 0 Å². The van der Waals surface area contributed by atoms with Crippen LogP contribution in [0.25, 0.3) is 5.82 Å². The standard InChI is InChI=1S/C5H2ClIN4S/c6-4-5(10-12-9-4)11-2-3(7)1-8-11/h1-2H. The molecule has 0 N–H and O–H groups in total. The molecule has 2 rings (SSSR count). The van der Waals surface area contributed by atoms with Crippen molar-refractivity contribution in [2.75, 3.05) is 0 Å². The smallest absolute Gasteiger partial charge is 0.206 e. The molecule has 0 fully saturated rings. The molecule has 7 heteroatoms. The summed E-state index contributed by atoms with van der Waals surface area (Å²) in [6.07, 6.45) is 3.57. The lowest BCUT2D eigenvalue weighted by atomic mass is 10.7. The lowest BCUT2D eigenvalue weighted by molar-refractivity contribution is 0.859. The van der Waals surface area contributed by atoms with E-state index in [1.165, 1.54) is 0 Å². The van der Waals surface area contributed by atoms with Crippen LogP contribution in [0.3, 0.4) is 0 Å². The highest BCUT2D eigenvalue weighted by atomic mass is 127. The van der Waals surface area contributed by atoms with Crippen molar-refractivity contribution in [3.05, 3.63) is 21.1 Å². The quantitative estimate of drug-likeness (QED) is 0.756. The first-order valence-electron chi connectivity index (χ1n) is 2.96. The zero-order chi connectivity index (χ0) is 8.55. The Hall–Kier alpha value is -0.210. The van der Waals surface area contributed by atoms with Crippen LogP contribution >= 0.6 is 45.9 Å². The van der Waals surface area contributed by atoms with Gasteiger partial charge in [0.2, 0.25) is 5.82 Å². The molecule has 0 aliphatic carbocycles. The van der Waals surface area contributed by atoms with E-state index in [9.17, 15) is 0 Å². The van der Waals surface area contributed by atoms with Gasteiger partial charge in [0, 0.05) is 6.20 Å². The van der Waals surface area contributed by atoms with E-state index >= 15 is 0 Å². The first-order valence-corrected chi connectivity index (χ1v) is 5.14. The molecular weight excluding hydrogens is 311 g/mol. The fraction of sp³-hybridized carbons (Fsp3) is 0. The van der Waals surface area contributed by atoms with Gasteiger partial charge in [-0.3, -0.25) is 0 Å². The number of aromatic nitrogens is 4. The molecule has 4 nitrogen and oxygen atoms in total. The van der Waals surface area contributed by atoms with Gasteiger partial charge >= 0.3 is 0 Å². The number of halogens is 2. The Kier molecular flexibility index (Phi) is 2.28. The van der Waals surface area contributed by atoms with Crippen LogP contribution in [0.4, 0.5) is 0 Å². The zero-order valence-corrected chi connectivity index (χ0v) is 9.34. The first kappa shape index (κ1) is 8.39. The molecule has 0 radical (unpaired) electrons. The van der Waals surface area contributed by atoms with Crippen molar-refractivity contribution >= 4 is 45.9 Å². The summed E-state index contributed by atoms with van der Waals surface area (Å²) in [5.74, 6) is 0.588. The van der Waals surface area contributed by atoms with Gasteiger partial charge in [-0.2, -0.15) is 13.8 Å². The average Bonchev–Trinajstić information content (AvgIpc) is 2.58. The largest absolute Gasteiger partial charge is 0.218 e. The van der Waals surface area contributed by atoms with Crippen molar-refractivity contribution in [2.45, 2.75) is 0 Å². The third-order valence-electron chi connectivity index (χ3n) is 1.20. The van der Waals surface area contributed by atoms with Gasteiger partial charge < -0.3 is 0 Å². The van der Waals surface area contributed by atoms with Gasteiger partial charge in [-0.1, -0.05) is 11.6 Å². The van der Waals surface area contributed by atoms with Crippen LogP contribution in [0.5, 0.6) is 0 Å². The Morgan fingerprint density at radius 3 is 2.83 bits per heavy atom. The summed E-state index contributed by atoms with van der Waals surface area (Å²) < 4.78 is 10.5. The molecule has 0 saturated heterocycles. The lowest BCUT2D eigenvalue weighted by Gasteiger charge is -1.92.